The topological polar surface area (TPSA) is 93.2 Å². The second-order valence-corrected chi connectivity index (χ2v) is 7.97. The summed E-state index contributed by atoms with van der Waals surface area (Å²) < 4.78 is 5.77. The first-order valence-electron chi connectivity index (χ1n) is 9.67. The molecule has 0 atom stereocenters. The van der Waals surface area contributed by atoms with Crippen LogP contribution in [0.15, 0.2) is 42.5 Å². The van der Waals surface area contributed by atoms with Crippen molar-refractivity contribution in [2.45, 2.75) is 33.8 Å². The molecule has 156 valence electrons. The van der Waals surface area contributed by atoms with Gasteiger partial charge in [0.2, 0.25) is 5.01 Å². The van der Waals surface area contributed by atoms with E-state index in [2.05, 4.69) is 26.9 Å². The van der Waals surface area contributed by atoms with E-state index in [9.17, 15) is 9.59 Å². The van der Waals surface area contributed by atoms with Crippen LogP contribution in [0.25, 0.3) is 0 Å². The SMILES string of the molecule is CCCNC(=O)c1cccc(NC(=O)c2nnc(COc3cc(C)cc(C)c3)s2)c1. The van der Waals surface area contributed by atoms with Crippen molar-refractivity contribution in [2.24, 2.45) is 0 Å². The van der Waals surface area contributed by atoms with Gasteiger partial charge in [0.25, 0.3) is 11.8 Å². The summed E-state index contributed by atoms with van der Waals surface area (Å²) >= 11 is 1.17. The third-order valence-corrected chi connectivity index (χ3v) is 5.03. The van der Waals surface area contributed by atoms with Crippen molar-refractivity contribution in [3.63, 3.8) is 0 Å². The quantitative estimate of drug-likeness (QED) is 0.567. The summed E-state index contributed by atoms with van der Waals surface area (Å²) in [6, 6.07) is 12.8. The maximum Gasteiger partial charge on any atom is 0.286 e. The highest BCUT2D eigenvalue weighted by molar-refractivity contribution is 7.13. The summed E-state index contributed by atoms with van der Waals surface area (Å²) in [5, 5.41) is 14.4. The largest absolute Gasteiger partial charge is 0.486 e. The van der Waals surface area contributed by atoms with Gasteiger partial charge in [0.1, 0.15) is 12.4 Å². The third-order valence-electron chi connectivity index (χ3n) is 4.14. The Kier molecular flexibility index (Phi) is 7.13. The predicted molar refractivity (Wildman–Crippen MR) is 117 cm³/mol. The van der Waals surface area contributed by atoms with Gasteiger partial charge in [0.15, 0.2) is 5.01 Å². The van der Waals surface area contributed by atoms with E-state index in [0.717, 1.165) is 23.3 Å². The van der Waals surface area contributed by atoms with Gasteiger partial charge in [0.05, 0.1) is 0 Å². The van der Waals surface area contributed by atoms with Gasteiger partial charge in [-0.05, 0) is 61.7 Å². The highest BCUT2D eigenvalue weighted by Gasteiger charge is 2.14. The Morgan fingerprint density at radius 2 is 1.80 bits per heavy atom. The number of rotatable bonds is 8. The molecule has 3 rings (SSSR count). The molecule has 0 saturated carbocycles. The van der Waals surface area contributed by atoms with Crippen LogP contribution >= 0.6 is 11.3 Å². The van der Waals surface area contributed by atoms with Crippen LogP contribution in [0.1, 0.15) is 49.6 Å². The predicted octanol–water partition coefficient (Wildman–Crippen LogP) is 4.13. The first-order valence-corrected chi connectivity index (χ1v) is 10.5. The van der Waals surface area contributed by atoms with E-state index in [1.807, 2.05) is 32.9 Å². The fraction of sp³-hybridized carbons (Fsp3) is 0.273. The standard InChI is InChI=1S/C22H24N4O3S/c1-4-8-23-20(27)16-6-5-7-17(12-16)24-21(28)22-26-25-19(30-22)13-29-18-10-14(2)9-15(3)11-18/h5-7,9-12H,4,8,13H2,1-3H3,(H,23,27)(H,24,28). The van der Waals surface area contributed by atoms with E-state index in [0.29, 0.717) is 22.8 Å². The van der Waals surface area contributed by atoms with Crippen molar-refractivity contribution < 1.29 is 14.3 Å². The molecule has 0 spiro atoms. The van der Waals surface area contributed by atoms with Crippen LogP contribution in [0.2, 0.25) is 0 Å². The molecule has 8 heteroatoms. The lowest BCUT2D eigenvalue weighted by Gasteiger charge is -2.07. The van der Waals surface area contributed by atoms with Crippen molar-refractivity contribution in [3.8, 4) is 5.75 Å². The average Bonchev–Trinajstić information content (AvgIpc) is 3.19. The number of hydrogen-bond donors (Lipinski definition) is 2. The van der Waals surface area contributed by atoms with Gasteiger partial charge in [-0.2, -0.15) is 0 Å². The summed E-state index contributed by atoms with van der Waals surface area (Å²) in [4.78, 5) is 24.6. The highest BCUT2D eigenvalue weighted by Crippen LogP contribution is 2.20. The lowest BCUT2D eigenvalue weighted by atomic mass is 10.1. The molecule has 2 amide bonds. The lowest BCUT2D eigenvalue weighted by Crippen LogP contribution is -2.24. The summed E-state index contributed by atoms with van der Waals surface area (Å²) in [5.74, 6) is 0.206. The number of hydrogen-bond acceptors (Lipinski definition) is 6. The molecule has 1 aromatic heterocycles. The van der Waals surface area contributed by atoms with Gasteiger partial charge in [-0.15, -0.1) is 10.2 Å². The Morgan fingerprint density at radius 1 is 1.03 bits per heavy atom. The van der Waals surface area contributed by atoms with Gasteiger partial charge in [-0.1, -0.05) is 30.4 Å². The third kappa shape index (κ3) is 5.87. The minimum atomic E-state index is -0.378. The Labute approximate surface area is 179 Å². The van der Waals surface area contributed by atoms with Gasteiger partial charge < -0.3 is 15.4 Å². The summed E-state index contributed by atoms with van der Waals surface area (Å²) in [6.45, 7) is 6.85. The molecule has 0 saturated heterocycles. The highest BCUT2D eigenvalue weighted by atomic mass is 32.1. The number of nitrogens with one attached hydrogen (secondary N) is 2. The number of amides is 2. The molecule has 2 aromatic carbocycles. The van der Waals surface area contributed by atoms with Crippen molar-refractivity contribution >= 4 is 28.8 Å². The molecule has 30 heavy (non-hydrogen) atoms. The molecule has 7 nitrogen and oxygen atoms in total. The van der Waals surface area contributed by atoms with E-state index >= 15 is 0 Å². The number of aryl methyl sites for hydroxylation is 2. The average molecular weight is 425 g/mol. The molecule has 0 aliphatic carbocycles. The van der Waals surface area contributed by atoms with Crippen LogP contribution in [-0.2, 0) is 6.61 Å². The number of carbonyl (C=O) groups excluding carboxylic acids is 2. The van der Waals surface area contributed by atoms with Crippen LogP contribution < -0.4 is 15.4 Å². The molecular formula is C22H24N4O3S. The summed E-state index contributed by atoms with van der Waals surface area (Å²) in [7, 11) is 0. The Hall–Kier alpha value is -3.26. The minimum absolute atomic E-state index is 0.172. The van der Waals surface area contributed by atoms with E-state index in [4.69, 9.17) is 4.74 Å². The number of nitrogens with zero attached hydrogens (tertiary/aromatic N) is 2. The normalized spacial score (nSPS) is 10.5. The second-order valence-electron chi connectivity index (χ2n) is 6.90. The Morgan fingerprint density at radius 3 is 2.53 bits per heavy atom. The Bertz CT molecular complexity index is 1030. The lowest BCUT2D eigenvalue weighted by molar-refractivity contribution is 0.0952. The molecule has 0 aliphatic rings. The summed E-state index contributed by atoms with van der Waals surface area (Å²) in [6.07, 6.45) is 0.856. The first kappa shape index (κ1) is 21.4. The molecule has 0 unspecified atom stereocenters. The van der Waals surface area contributed by atoms with Gasteiger partial charge >= 0.3 is 0 Å². The van der Waals surface area contributed by atoms with Crippen LogP contribution in [0.4, 0.5) is 5.69 Å². The molecule has 0 radical (unpaired) electrons. The van der Waals surface area contributed by atoms with E-state index in [1.54, 1.807) is 24.3 Å². The minimum Gasteiger partial charge on any atom is -0.486 e. The first-order chi connectivity index (χ1) is 14.4. The van der Waals surface area contributed by atoms with Crippen LogP contribution in [0.3, 0.4) is 0 Å². The zero-order valence-corrected chi connectivity index (χ0v) is 18.0. The monoisotopic (exact) mass is 424 g/mol. The number of aromatic nitrogens is 2. The van der Waals surface area contributed by atoms with Crippen molar-refractivity contribution in [1.82, 2.24) is 15.5 Å². The van der Waals surface area contributed by atoms with Crippen molar-refractivity contribution in [2.75, 3.05) is 11.9 Å². The number of benzene rings is 2. The number of ether oxygens (including phenoxy) is 1. The maximum atomic E-state index is 12.5. The molecule has 0 fully saturated rings. The maximum absolute atomic E-state index is 12.5. The second kappa shape index (κ2) is 9.98. The molecule has 0 aliphatic heterocycles. The van der Waals surface area contributed by atoms with Crippen molar-refractivity contribution in [3.05, 3.63) is 69.2 Å². The molecular weight excluding hydrogens is 400 g/mol. The Balaban J connectivity index is 1.60. The van der Waals surface area contributed by atoms with Gasteiger partial charge in [-0.25, -0.2) is 0 Å². The van der Waals surface area contributed by atoms with Gasteiger partial charge in [-0.3, -0.25) is 9.59 Å². The number of carbonyl (C=O) groups is 2. The zero-order valence-electron chi connectivity index (χ0n) is 17.2. The van der Waals surface area contributed by atoms with Crippen LogP contribution in [-0.4, -0.2) is 28.6 Å². The van der Waals surface area contributed by atoms with E-state index in [-0.39, 0.29) is 23.4 Å². The van der Waals surface area contributed by atoms with Gasteiger partial charge in [0, 0.05) is 17.8 Å². The van der Waals surface area contributed by atoms with Crippen molar-refractivity contribution in [1.29, 1.82) is 0 Å². The fourth-order valence-corrected chi connectivity index (χ4v) is 3.48. The van der Waals surface area contributed by atoms with E-state index in [1.165, 1.54) is 11.3 Å². The number of anilines is 1. The molecule has 1 heterocycles. The smallest absolute Gasteiger partial charge is 0.286 e. The van der Waals surface area contributed by atoms with E-state index < -0.39 is 0 Å². The molecule has 3 aromatic rings. The van der Waals surface area contributed by atoms with Crippen LogP contribution in [0, 0.1) is 13.8 Å². The molecule has 2 N–H and O–H groups in total. The molecule has 0 bridgehead atoms. The fourth-order valence-electron chi connectivity index (χ4n) is 2.83. The summed E-state index contributed by atoms with van der Waals surface area (Å²) in [5.41, 5.74) is 3.24. The van der Waals surface area contributed by atoms with Crippen LogP contribution in [0.5, 0.6) is 5.75 Å². The zero-order chi connectivity index (χ0) is 21.5.